The summed E-state index contributed by atoms with van der Waals surface area (Å²) in [6.45, 7) is 3.93. The molecule has 5 nitrogen and oxygen atoms in total. The number of hydrogen-bond acceptors (Lipinski definition) is 5. The predicted molar refractivity (Wildman–Crippen MR) is 65.4 cm³/mol. The zero-order valence-corrected chi connectivity index (χ0v) is 10.1. The van der Waals surface area contributed by atoms with Gasteiger partial charge in [0.15, 0.2) is 11.5 Å². The summed E-state index contributed by atoms with van der Waals surface area (Å²) in [7, 11) is 0. The highest BCUT2D eigenvalue weighted by Gasteiger charge is 2.24. The standard InChI is InChI=1S/C13H15N3O2/c14-8-11(16-5-3-15-4-6-16)10-1-2-12-13(7-10)18-9-17-12/h1-2,7,11,15H,3-6,9H2. The molecule has 3 rings (SSSR count). The second-order valence-corrected chi connectivity index (χ2v) is 4.43. The first-order valence-corrected chi connectivity index (χ1v) is 6.12. The normalized spacial score (nSPS) is 20.4. The summed E-state index contributed by atoms with van der Waals surface area (Å²) < 4.78 is 10.6. The molecule has 2 aliphatic rings. The minimum atomic E-state index is -0.207. The molecule has 0 radical (unpaired) electrons. The van der Waals surface area contributed by atoms with E-state index >= 15 is 0 Å². The third kappa shape index (κ3) is 2.01. The Bertz CT molecular complexity index is 478. The number of ether oxygens (including phenoxy) is 2. The number of rotatable bonds is 2. The molecule has 1 unspecified atom stereocenters. The SMILES string of the molecule is N#CC(c1ccc2c(c1)OCO2)N1CCNCC1. The first-order chi connectivity index (χ1) is 8.88. The van der Waals surface area contributed by atoms with Crippen LogP contribution < -0.4 is 14.8 Å². The van der Waals surface area contributed by atoms with Gasteiger partial charge in [0.2, 0.25) is 6.79 Å². The molecule has 18 heavy (non-hydrogen) atoms. The van der Waals surface area contributed by atoms with Gasteiger partial charge in [0.25, 0.3) is 0 Å². The van der Waals surface area contributed by atoms with E-state index in [9.17, 15) is 5.26 Å². The van der Waals surface area contributed by atoms with E-state index < -0.39 is 0 Å². The van der Waals surface area contributed by atoms with Gasteiger partial charge in [0, 0.05) is 26.2 Å². The molecule has 2 heterocycles. The number of benzene rings is 1. The fourth-order valence-corrected chi connectivity index (χ4v) is 2.39. The van der Waals surface area contributed by atoms with Crippen molar-refractivity contribution >= 4 is 0 Å². The van der Waals surface area contributed by atoms with E-state index in [1.54, 1.807) is 0 Å². The summed E-state index contributed by atoms with van der Waals surface area (Å²) in [6, 6.07) is 7.92. The Kier molecular flexibility index (Phi) is 3.05. The number of hydrogen-bond donors (Lipinski definition) is 1. The molecule has 1 atom stereocenters. The Hall–Kier alpha value is -1.77. The summed E-state index contributed by atoms with van der Waals surface area (Å²) in [5.74, 6) is 1.50. The van der Waals surface area contributed by atoms with Crippen LogP contribution in [0.15, 0.2) is 18.2 Å². The molecule has 2 aliphatic heterocycles. The maximum atomic E-state index is 9.40. The van der Waals surface area contributed by atoms with Gasteiger partial charge in [-0.25, -0.2) is 0 Å². The lowest BCUT2D eigenvalue weighted by Crippen LogP contribution is -2.44. The number of nitrogens with one attached hydrogen (secondary N) is 1. The molecule has 94 valence electrons. The Morgan fingerprint density at radius 2 is 2.00 bits per heavy atom. The number of fused-ring (bicyclic) bond motifs is 1. The van der Waals surface area contributed by atoms with Crippen molar-refractivity contribution in [1.29, 1.82) is 5.26 Å². The quantitative estimate of drug-likeness (QED) is 0.838. The van der Waals surface area contributed by atoms with E-state index in [-0.39, 0.29) is 12.8 Å². The summed E-state index contributed by atoms with van der Waals surface area (Å²) in [5, 5.41) is 12.7. The van der Waals surface area contributed by atoms with Gasteiger partial charge < -0.3 is 14.8 Å². The largest absolute Gasteiger partial charge is 0.454 e. The summed E-state index contributed by atoms with van der Waals surface area (Å²) in [4.78, 5) is 2.19. The summed E-state index contributed by atoms with van der Waals surface area (Å²) in [6.07, 6.45) is 0. The highest BCUT2D eigenvalue weighted by atomic mass is 16.7. The van der Waals surface area contributed by atoms with E-state index in [1.165, 1.54) is 0 Å². The number of nitrogens with zero attached hydrogens (tertiary/aromatic N) is 2. The maximum absolute atomic E-state index is 9.40. The van der Waals surface area contributed by atoms with Gasteiger partial charge in [0.1, 0.15) is 6.04 Å². The molecule has 0 aliphatic carbocycles. The monoisotopic (exact) mass is 245 g/mol. The topological polar surface area (TPSA) is 57.5 Å². The first kappa shape index (κ1) is 11.3. The minimum Gasteiger partial charge on any atom is -0.454 e. The molecule has 0 amide bonds. The number of piperazine rings is 1. The summed E-state index contributed by atoms with van der Waals surface area (Å²) >= 11 is 0. The molecule has 0 aromatic heterocycles. The highest BCUT2D eigenvalue weighted by Crippen LogP contribution is 2.35. The van der Waals surface area contributed by atoms with Gasteiger partial charge in [0.05, 0.1) is 6.07 Å². The lowest BCUT2D eigenvalue weighted by Gasteiger charge is -2.31. The van der Waals surface area contributed by atoms with E-state index in [4.69, 9.17) is 9.47 Å². The fraction of sp³-hybridized carbons (Fsp3) is 0.462. The Labute approximate surface area is 106 Å². The molecule has 5 heteroatoms. The molecule has 1 N–H and O–H groups in total. The van der Waals surface area contributed by atoms with Crippen molar-refractivity contribution in [3.63, 3.8) is 0 Å². The Morgan fingerprint density at radius 1 is 1.22 bits per heavy atom. The van der Waals surface area contributed by atoms with E-state index in [2.05, 4.69) is 16.3 Å². The van der Waals surface area contributed by atoms with Gasteiger partial charge in [-0.1, -0.05) is 6.07 Å². The average molecular weight is 245 g/mol. The van der Waals surface area contributed by atoms with Crippen LogP contribution in [0.3, 0.4) is 0 Å². The third-order valence-electron chi connectivity index (χ3n) is 3.35. The van der Waals surface area contributed by atoms with Crippen molar-refractivity contribution in [3.8, 4) is 17.6 Å². The van der Waals surface area contributed by atoms with Crippen LogP contribution in [0.4, 0.5) is 0 Å². The van der Waals surface area contributed by atoms with Gasteiger partial charge >= 0.3 is 0 Å². The Morgan fingerprint density at radius 3 is 2.78 bits per heavy atom. The lowest BCUT2D eigenvalue weighted by molar-refractivity contribution is 0.173. The highest BCUT2D eigenvalue weighted by molar-refractivity contribution is 5.46. The van der Waals surface area contributed by atoms with Gasteiger partial charge in [-0.3, -0.25) is 4.90 Å². The van der Waals surface area contributed by atoms with Crippen molar-refractivity contribution < 1.29 is 9.47 Å². The second-order valence-electron chi connectivity index (χ2n) is 4.43. The molecule has 0 saturated carbocycles. The van der Waals surface area contributed by atoms with Crippen molar-refractivity contribution in [2.24, 2.45) is 0 Å². The molecule has 0 bridgehead atoms. The van der Waals surface area contributed by atoms with Gasteiger partial charge in [-0.05, 0) is 17.7 Å². The van der Waals surface area contributed by atoms with Crippen molar-refractivity contribution in [1.82, 2.24) is 10.2 Å². The lowest BCUT2D eigenvalue weighted by atomic mass is 10.1. The maximum Gasteiger partial charge on any atom is 0.231 e. The third-order valence-corrected chi connectivity index (χ3v) is 3.35. The van der Waals surface area contributed by atoms with Crippen LogP contribution >= 0.6 is 0 Å². The van der Waals surface area contributed by atoms with Gasteiger partial charge in [-0.15, -0.1) is 0 Å². The molecule has 1 aromatic carbocycles. The second kappa shape index (κ2) is 4.84. The van der Waals surface area contributed by atoms with Crippen LogP contribution in [0.25, 0.3) is 0 Å². The molecule has 1 aromatic rings. The van der Waals surface area contributed by atoms with Gasteiger partial charge in [-0.2, -0.15) is 5.26 Å². The predicted octanol–water partition coefficient (Wildman–Crippen LogP) is 0.885. The molecular weight excluding hydrogens is 230 g/mol. The van der Waals surface area contributed by atoms with Crippen LogP contribution in [0.2, 0.25) is 0 Å². The zero-order chi connectivity index (χ0) is 12.4. The Balaban J connectivity index is 1.85. The van der Waals surface area contributed by atoms with Crippen molar-refractivity contribution in [3.05, 3.63) is 23.8 Å². The van der Waals surface area contributed by atoms with Crippen LogP contribution in [0.5, 0.6) is 11.5 Å². The molecule has 1 saturated heterocycles. The van der Waals surface area contributed by atoms with E-state index in [1.807, 2.05) is 18.2 Å². The molecule has 1 fully saturated rings. The van der Waals surface area contributed by atoms with Crippen molar-refractivity contribution in [2.75, 3.05) is 33.0 Å². The fourth-order valence-electron chi connectivity index (χ4n) is 2.39. The molecular formula is C13H15N3O2. The molecule has 0 spiro atoms. The number of nitriles is 1. The van der Waals surface area contributed by atoms with Crippen LogP contribution in [-0.2, 0) is 0 Å². The average Bonchev–Trinajstić information content (AvgIpc) is 2.88. The summed E-state index contributed by atoms with van der Waals surface area (Å²) in [5.41, 5.74) is 0.976. The van der Waals surface area contributed by atoms with Crippen LogP contribution in [-0.4, -0.2) is 37.9 Å². The van der Waals surface area contributed by atoms with Crippen LogP contribution in [0.1, 0.15) is 11.6 Å². The smallest absolute Gasteiger partial charge is 0.231 e. The van der Waals surface area contributed by atoms with E-state index in [0.29, 0.717) is 0 Å². The minimum absolute atomic E-state index is 0.207. The van der Waals surface area contributed by atoms with E-state index in [0.717, 1.165) is 43.2 Å². The zero-order valence-electron chi connectivity index (χ0n) is 10.1. The first-order valence-electron chi connectivity index (χ1n) is 6.12. The van der Waals surface area contributed by atoms with Crippen LogP contribution in [0, 0.1) is 11.3 Å². The van der Waals surface area contributed by atoms with Crippen molar-refractivity contribution in [2.45, 2.75) is 6.04 Å².